The summed E-state index contributed by atoms with van der Waals surface area (Å²) in [6.45, 7) is 3.32. The van der Waals surface area contributed by atoms with Gasteiger partial charge in [0, 0.05) is 26.6 Å². The first-order chi connectivity index (χ1) is 8.18. The molecule has 2 aromatic rings. The topological polar surface area (TPSA) is 68.8 Å². The third-order valence-electron chi connectivity index (χ3n) is 2.48. The zero-order valence-electron chi connectivity index (χ0n) is 9.77. The number of halogens is 1. The average Bonchev–Trinajstić information content (AvgIpc) is 2.87. The van der Waals surface area contributed by atoms with Crippen molar-refractivity contribution in [1.29, 1.82) is 0 Å². The Labute approximate surface area is 104 Å². The summed E-state index contributed by atoms with van der Waals surface area (Å²) in [5, 5.41) is 11.8. The molecule has 0 saturated heterocycles. The van der Waals surface area contributed by atoms with Gasteiger partial charge in [-0.25, -0.2) is 0 Å². The number of rotatable bonds is 5. The van der Waals surface area contributed by atoms with E-state index in [0.29, 0.717) is 18.9 Å². The maximum absolute atomic E-state index is 6.13. The van der Waals surface area contributed by atoms with E-state index in [1.165, 1.54) is 6.33 Å². The Kier molecular flexibility index (Phi) is 3.75. The lowest BCUT2D eigenvalue weighted by atomic mass is 10.3. The zero-order chi connectivity index (χ0) is 12.3. The van der Waals surface area contributed by atoms with Gasteiger partial charge in [-0.1, -0.05) is 16.8 Å². The molecular weight excluding hydrogens is 242 g/mol. The highest BCUT2D eigenvalue weighted by Gasteiger charge is 2.10. The van der Waals surface area contributed by atoms with E-state index in [2.05, 4.69) is 20.6 Å². The molecule has 0 spiro atoms. The fraction of sp³-hybridized carbons (Fsp3) is 0.500. The minimum atomic E-state index is 0.629. The monoisotopic (exact) mass is 255 g/mol. The van der Waals surface area contributed by atoms with E-state index in [4.69, 9.17) is 16.1 Å². The normalized spacial score (nSPS) is 11.0. The molecule has 0 saturated carbocycles. The van der Waals surface area contributed by atoms with Crippen LogP contribution < -0.4 is 5.32 Å². The van der Waals surface area contributed by atoms with Gasteiger partial charge in [0.05, 0.1) is 16.4 Å². The number of nitrogens with one attached hydrogen (secondary N) is 1. The number of hydrogen-bond acceptors (Lipinski definition) is 5. The Bertz CT molecular complexity index is 479. The summed E-state index contributed by atoms with van der Waals surface area (Å²) in [6, 6.07) is 0. The van der Waals surface area contributed by atoms with Gasteiger partial charge in [0.2, 0.25) is 5.89 Å². The van der Waals surface area contributed by atoms with Crippen LogP contribution in [0, 0.1) is 6.92 Å². The summed E-state index contributed by atoms with van der Waals surface area (Å²) in [5.41, 5.74) is 1.83. The third-order valence-corrected chi connectivity index (χ3v) is 2.97. The molecule has 0 aliphatic rings. The molecule has 7 heteroatoms. The number of nitrogens with zero attached hydrogens (tertiary/aromatic N) is 4. The molecule has 0 radical (unpaired) electrons. The van der Waals surface area contributed by atoms with E-state index in [9.17, 15) is 0 Å². The first-order valence-electron chi connectivity index (χ1n) is 5.32. The molecule has 0 bridgehead atoms. The highest BCUT2D eigenvalue weighted by Crippen LogP contribution is 2.18. The highest BCUT2D eigenvalue weighted by atomic mass is 35.5. The fourth-order valence-electron chi connectivity index (χ4n) is 1.58. The Morgan fingerprint density at radius 3 is 2.94 bits per heavy atom. The minimum Gasteiger partial charge on any atom is -0.340 e. The van der Waals surface area contributed by atoms with Gasteiger partial charge in [0.25, 0.3) is 0 Å². The third kappa shape index (κ3) is 2.83. The molecule has 0 aliphatic carbocycles. The van der Waals surface area contributed by atoms with Gasteiger partial charge in [0.1, 0.15) is 0 Å². The van der Waals surface area contributed by atoms with Crippen molar-refractivity contribution in [3.05, 3.63) is 28.6 Å². The van der Waals surface area contributed by atoms with Crippen LogP contribution in [-0.2, 0) is 20.0 Å². The lowest BCUT2D eigenvalue weighted by Crippen LogP contribution is -2.19. The summed E-state index contributed by atoms with van der Waals surface area (Å²) in [7, 11) is 1.88. The van der Waals surface area contributed by atoms with Crippen molar-refractivity contribution in [3.8, 4) is 0 Å². The molecule has 2 rings (SSSR count). The number of aryl methyl sites for hydroxylation is 2. The van der Waals surface area contributed by atoms with E-state index < -0.39 is 0 Å². The lowest BCUT2D eigenvalue weighted by Gasteiger charge is -2.04. The van der Waals surface area contributed by atoms with Gasteiger partial charge in [-0.15, -0.1) is 0 Å². The van der Waals surface area contributed by atoms with Crippen LogP contribution in [-0.4, -0.2) is 26.5 Å². The molecule has 1 N–H and O–H groups in total. The molecule has 0 fully saturated rings. The number of aromatic nitrogens is 4. The smallest absolute Gasteiger partial charge is 0.227 e. The van der Waals surface area contributed by atoms with Crippen LogP contribution >= 0.6 is 11.6 Å². The standard InChI is InChI=1S/C10H14ClN5O/c1-7-10(11)8(16(2)15-7)5-12-4-3-9-13-6-14-17-9/h6,12H,3-5H2,1-2H3. The van der Waals surface area contributed by atoms with Crippen LogP contribution in [0.4, 0.5) is 0 Å². The van der Waals surface area contributed by atoms with Gasteiger partial charge >= 0.3 is 0 Å². The van der Waals surface area contributed by atoms with Gasteiger partial charge in [-0.05, 0) is 6.92 Å². The lowest BCUT2D eigenvalue weighted by molar-refractivity contribution is 0.374. The Morgan fingerprint density at radius 1 is 1.53 bits per heavy atom. The largest absolute Gasteiger partial charge is 0.340 e. The van der Waals surface area contributed by atoms with E-state index in [1.54, 1.807) is 4.68 Å². The molecule has 0 unspecified atom stereocenters. The molecule has 0 aromatic carbocycles. The predicted octanol–water partition coefficient (Wildman–Crippen LogP) is 1.10. The van der Waals surface area contributed by atoms with Crippen LogP contribution in [0.5, 0.6) is 0 Å². The van der Waals surface area contributed by atoms with Crippen LogP contribution in [0.25, 0.3) is 0 Å². The van der Waals surface area contributed by atoms with Gasteiger partial charge < -0.3 is 9.84 Å². The summed E-state index contributed by atoms with van der Waals surface area (Å²) in [6.07, 6.45) is 2.10. The quantitative estimate of drug-likeness (QED) is 0.811. The van der Waals surface area contributed by atoms with Crippen molar-refractivity contribution >= 4 is 11.6 Å². The average molecular weight is 256 g/mol. The summed E-state index contributed by atoms with van der Waals surface area (Å²) in [4.78, 5) is 3.94. The van der Waals surface area contributed by atoms with E-state index in [-0.39, 0.29) is 0 Å². The van der Waals surface area contributed by atoms with E-state index in [1.807, 2.05) is 14.0 Å². The van der Waals surface area contributed by atoms with Crippen molar-refractivity contribution in [1.82, 2.24) is 25.2 Å². The van der Waals surface area contributed by atoms with Crippen LogP contribution in [0.3, 0.4) is 0 Å². The predicted molar refractivity (Wildman–Crippen MR) is 62.7 cm³/mol. The molecule has 17 heavy (non-hydrogen) atoms. The minimum absolute atomic E-state index is 0.629. The van der Waals surface area contributed by atoms with Crippen LogP contribution in [0.15, 0.2) is 10.9 Å². The fourth-order valence-corrected chi connectivity index (χ4v) is 1.81. The second-order valence-electron chi connectivity index (χ2n) is 3.73. The Hall–Kier alpha value is -1.40. The van der Waals surface area contributed by atoms with Crippen molar-refractivity contribution < 1.29 is 4.52 Å². The molecule has 6 nitrogen and oxygen atoms in total. The first-order valence-corrected chi connectivity index (χ1v) is 5.70. The van der Waals surface area contributed by atoms with Crippen molar-refractivity contribution in [2.24, 2.45) is 7.05 Å². The SMILES string of the molecule is Cc1nn(C)c(CNCCc2ncno2)c1Cl. The van der Waals surface area contributed by atoms with Crippen LogP contribution in [0.2, 0.25) is 5.02 Å². The summed E-state index contributed by atoms with van der Waals surface area (Å²) < 4.78 is 6.68. The highest BCUT2D eigenvalue weighted by molar-refractivity contribution is 6.31. The second-order valence-corrected chi connectivity index (χ2v) is 4.11. The maximum atomic E-state index is 6.13. The van der Waals surface area contributed by atoms with E-state index in [0.717, 1.165) is 23.0 Å². The zero-order valence-corrected chi connectivity index (χ0v) is 10.5. The van der Waals surface area contributed by atoms with Gasteiger partial charge in [-0.2, -0.15) is 10.1 Å². The van der Waals surface area contributed by atoms with Crippen molar-refractivity contribution in [2.45, 2.75) is 19.9 Å². The Morgan fingerprint density at radius 2 is 2.35 bits per heavy atom. The summed E-state index contributed by atoms with van der Waals surface area (Å²) in [5.74, 6) is 0.629. The molecule has 2 aromatic heterocycles. The Balaban J connectivity index is 1.82. The molecule has 92 valence electrons. The van der Waals surface area contributed by atoms with Gasteiger partial charge in [0.15, 0.2) is 6.33 Å². The molecule has 0 aliphatic heterocycles. The van der Waals surface area contributed by atoms with Crippen LogP contribution in [0.1, 0.15) is 17.3 Å². The molecular formula is C10H14ClN5O. The molecule has 0 amide bonds. The molecule has 0 atom stereocenters. The molecule has 2 heterocycles. The summed E-state index contributed by atoms with van der Waals surface area (Å²) >= 11 is 6.13. The number of hydrogen-bond donors (Lipinski definition) is 1. The van der Waals surface area contributed by atoms with Gasteiger partial charge in [-0.3, -0.25) is 4.68 Å². The van der Waals surface area contributed by atoms with Crippen molar-refractivity contribution in [2.75, 3.05) is 6.54 Å². The van der Waals surface area contributed by atoms with Crippen molar-refractivity contribution in [3.63, 3.8) is 0 Å². The second kappa shape index (κ2) is 5.29. The maximum Gasteiger partial charge on any atom is 0.227 e. The first kappa shape index (κ1) is 12.1. The van der Waals surface area contributed by atoms with E-state index >= 15 is 0 Å².